The molecule has 3 rings (SSSR count). The maximum absolute atomic E-state index is 4.07. The second-order valence-corrected chi connectivity index (χ2v) is 7.12. The van der Waals surface area contributed by atoms with Crippen LogP contribution in [-0.4, -0.2) is 19.9 Å². The average molecular weight is 471 g/mol. The van der Waals surface area contributed by atoms with Crippen molar-refractivity contribution in [3.63, 3.8) is 0 Å². The fraction of sp³-hybridized carbons (Fsp3) is 0.533. The van der Waals surface area contributed by atoms with Crippen LogP contribution in [0.3, 0.4) is 0 Å². The molecule has 0 N–H and O–H groups in total. The Morgan fingerprint density at radius 1 is 0.529 bits per heavy atom. The van der Waals surface area contributed by atoms with E-state index in [1.165, 1.54) is 5.56 Å². The van der Waals surface area contributed by atoms with Crippen molar-refractivity contribution in [1.29, 1.82) is 0 Å². The number of hydrogen-bond acceptors (Lipinski definition) is 4. The molecule has 0 unspecified atom stereocenters. The molecule has 34 heavy (non-hydrogen) atoms. The highest BCUT2D eigenvalue weighted by Gasteiger charge is 1.97. The normalized spacial score (nSPS) is 8.56. The predicted octanol–water partition coefficient (Wildman–Crippen LogP) is 9.72. The van der Waals surface area contributed by atoms with E-state index >= 15 is 0 Å². The van der Waals surface area contributed by atoms with E-state index in [9.17, 15) is 0 Å². The summed E-state index contributed by atoms with van der Waals surface area (Å²) in [4.78, 5) is 16.0. The van der Waals surface area contributed by atoms with Crippen LogP contribution in [-0.2, 0) is 0 Å². The van der Waals surface area contributed by atoms with Gasteiger partial charge in [0, 0.05) is 30.2 Å². The molecule has 2 heterocycles. The first kappa shape index (κ1) is 38.6. The van der Waals surface area contributed by atoms with Crippen LogP contribution in [0.15, 0.2) is 67.4 Å². The minimum Gasteiger partial charge on any atom is -0.245 e. The largest absolute Gasteiger partial charge is 0.245 e. The number of benzene rings is 1. The topological polar surface area (TPSA) is 51.6 Å². The maximum atomic E-state index is 4.07. The minimum atomic E-state index is 0. The van der Waals surface area contributed by atoms with Crippen LogP contribution in [0.5, 0.6) is 0 Å². The molecular formula is C30H54N4. The number of rotatable bonds is 3. The van der Waals surface area contributed by atoms with Crippen molar-refractivity contribution >= 4 is 0 Å². The first-order valence-corrected chi connectivity index (χ1v) is 12.5. The number of aromatic nitrogens is 4. The van der Waals surface area contributed by atoms with Gasteiger partial charge in [0.1, 0.15) is 12.2 Å². The maximum Gasteiger partial charge on any atom is 0.130 e. The van der Waals surface area contributed by atoms with Crippen LogP contribution in [0.2, 0.25) is 0 Å². The Morgan fingerprint density at radius 2 is 1.03 bits per heavy atom. The third-order valence-electron chi connectivity index (χ3n) is 3.76. The molecule has 0 atom stereocenters. The molecule has 3 aromatic rings. The molecule has 194 valence electrons. The van der Waals surface area contributed by atoms with Gasteiger partial charge >= 0.3 is 0 Å². The van der Waals surface area contributed by atoms with Gasteiger partial charge in [0.05, 0.1) is 0 Å². The van der Waals surface area contributed by atoms with E-state index in [0.717, 1.165) is 11.5 Å². The highest BCUT2D eigenvalue weighted by molar-refractivity contribution is 5.17. The molecular weight excluding hydrogens is 416 g/mol. The van der Waals surface area contributed by atoms with Gasteiger partial charge in [0.15, 0.2) is 0 Å². The second-order valence-electron chi connectivity index (χ2n) is 7.12. The molecule has 0 aliphatic carbocycles. The molecule has 0 bridgehead atoms. The lowest BCUT2D eigenvalue weighted by molar-refractivity contribution is 0.774. The highest BCUT2D eigenvalue weighted by Crippen LogP contribution is 2.11. The van der Waals surface area contributed by atoms with E-state index in [-0.39, 0.29) is 7.43 Å². The summed E-state index contributed by atoms with van der Waals surface area (Å²) in [6.07, 6.45) is 6.88. The van der Waals surface area contributed by atoms with Crippen molar-refractivity contribution in [1.82, 2.24) is 19.9 Å². The van der Waals surface area contributed by atoms with Gasteiger partial charge < -0.3 is 0 Å². The van der Waals surface area contributed by atoms with Gasteiger partial charge in [0.2, 0.25) is 0 Å². The van der Waals surface area contributed by atoms with Crippen molar-refractivity contribution in [2.24, 2.45) is 0 Å². The number of hydrogen-bond donors (Lipinski definition) is 0. The minimum absolute atomic E-state index is 0. The molecule has 0 aliphatic rings. The lowest BCUT2D eigenvalue weighted by atomic mass is 10.0. The summed E-state index contributed by atoms with van der Waals surface area (Å²) in [7, 11) is 0. The quantitative estimate of drug-likeness (QED) is 0.382. The highest BCUT2D eigenvalue weighted by atomic mass is 14.9. The Hall–Kier alpha value is -2.62. The van der Waals surface area contributed by atoms with Crippen LogP contribution in [0.25, 0.3) is 0 Å². The van der Waals surface area contributed by atoms with E-state index in [1.807, 2.05) is 59.7 Å². The third-order valence-corrected chi connectivity index (χ3v) is 3.76. The zero-order chi connectivity index (χ0) is 26.1. The summed E-state index contributed by atoms with van der Waals surface area (Å²) >= 11 is 0. The molecule has 4 heteroatoms. The summed E-state index contributed by atoms with van der Waals surface area (Å²) in [5, 5.41) is 0. The summed E-state index contributed by atoms with van der Waals surface area (Å²) in [5.41, 5.74) is 2.52. The Kier molecular flexibility index (Phi) is 32.3. The smallest absolute Gasteiger partial charge is 0.130 e. The summed E-state index contributed by atoms with van der Waals surface area (Å²) in [5.74, 6) is 2.52. The molecule has 1 aromatic carbocycles. The van der Waals surface area contributed by atoms with E-state index in [0.29, 0.717) is 17.8 Å². The van der Waals surface area contributed by atoms with Crippen LogP contribution in [0.1, 0.15) is 125 Å². The van der Waals surface area contributed by atoms with Gasteiger partial charge in [-0.15, -0.1) is 0 Å². The Labute approximate surface area is 212 Å². The van der Waals surface area contributed by atoms with Crippen molar-refractivity contribution in [3.8, 4) is 0 Å². The monoisotopic (exact) mass is 470 g/mol. The Bertz CT molecular complexity index is 609. The van der Waals surface area contributed by atoms with Gasteiger partial charge in [0.25, 0.3) is 0 Å². The lowest BCUT2D eigenvalue weighted by Gasteiger charge is -2.01. The van der Waals surface area contributed by atoms with Gasteiger partial charge in [-0.2, -0.15) is 0 Å². The van der Waals surface area contributed by atoms with E-state index < -0.39 is 0 Å². The fourth-order valence-corrected chi connectivity index (χ4v) is 2.09. The molecule has 2 aromatic heterocycles. The molecule has 0 fully saturated rings. The SMILES string of the molecule is C.CC.CC.CC.CC(C)c1ccccc1.CC(C)c1ccncn1.CC(C)c1ncccn1. The first-order chi connectivity index (χ1) is 15.9. The summed E-state index contributed by atoms with van der Waals surface area (Å²) in [6.45, 7) is 24.8. The zero-order valence-corrected chi connectivity index (χ0v) is 23.4. The number of nitrogens with zero attached hydrogens (tertiary/aromatic N) is 4. The standard InChI is InChI=1S/C9H12.2C7H10N2.3C2H6.CH4/c1-8(2)9-6-4-3-5-7-9;1-6(2)7-3-4-8-5-9-7;1-6(2)7-8-4-3-5-9-7;3*1-2;/h3-8H,1-2H3;2*3-6H,1-2H3;3*1-2H3;1H4. The average Bonchev–Trinajstić information content (AvgIpc) is 2.90. The molecule has 0 spiro atoms. The van der Waals surface area contributed by atoms with E-state index in [1.54, 1.807) is 24.9 Å². The van der Waals surface area contributed by atoms with E-state index in [2.05, 4.69) is 85.7 Å². The van der Waals surface area contributed by atoms with Gasteiger partial charge in [-0.25, -0.2) is 19.9 Å². The molecule has 4 nitrogen and oxygen atoms in total. The zero-order valence-electron chi connectivity index (χ0n) is 23.4. The van der Waals surface area contributed by atoms with Gasteiger partial charge in [-0.05, 0) is 29.5 Å². The lowest BCUT2D eigenvalue weighted by Crippen LogP contribution is -1.93. The first-order valence-electron chi connectivity index (χ1n) is 12.5. The summed E-state index contributed by atoms with van der Waals surface area (Å²) < 4.78 is 0. The Morgan fingerprint density at radius 3 is 1.29 bits per heavy atom. The third kappa shape index (κ3) is 21.2. The molecule has 0 amide bonds. The van der Waals surface area contributed by atoms with Gasteiger partial charge in [-0.3, -0.25) is 0 Å². The fourth-order valence-electron chi connectivity index (χ4n) is 2.09. The second kappa shape index (κ2) is 28.4. The van der Waals surface area contributed by atoms with Crippen LogP contribution < -0.4 is 0 Å². The predicted molar refractivity (Wildman–Crippen MR) is 154 cm³/mol. The summed E-state index contributed by atoms with van der Waals surface area (Å²) in [6, 6.07) is 14.3. The molecule has 0 aliphatic heterocycles. The van der Waals surface area contributed by atoms with Crippen molar-refractivity contribution < 1.29 is 0 Å². The van der Waals surface area contributed by atoms with Crippen LogP contribution in [0, 0.1) is 0 Å². The van der Waals surface area contributed by atoms with E-state index in [4.69, 9.17) is 0 Å². The van der Waals surface area contributed by atoms with Crippen LogP contribution in [0.4, 0.5) is 0 Å². The molecule has 0 saturated heterocycles. The molecule has 0 saturated carbocycles. The Balaban J connectivity index is -0.000000176. The van der Waals surface area contributed by atoms with Crippen molar-refractivity contribution in [2.45, 2.75) is 108 Å². The molecule has 0 radical (unpaired) electrons. The van der Waals surface area contributed by atoms with Crippen molar-refractivity contribution in [2.75, 3.05) is 0 Å². The van der Waals surface area contributed by atoms with Crippen molar-refractivity contribution in [3.05, 3.63) is 84.5 Å². The van der Waals surface area contributed by atoms with Gasteiger partial charge in [-0.1, -0.05) is 121 Å². The van der Waals surface area contributed by atoms with Crippen LogP contribution >= 0.6 is 0 Å².